The van der Waals surface area contributed by atoms with Gasteiger partial charge in [0.25, 0.3) is 0 Å². The largest absolute Gasteiger partial charge is 0.480 e. The molecule has 8 heteroatoms. The van der Waals surface area contributed by atoms with Crippen LogP contribution in [0.5, 0.6) is 0 Å². The third kappa shape index (κ3) is 4.58. The number of carbonyl (C=O) groups excluding carboxylic acids is 1. The van der Waals surface area contributed by atoms with E-state index in [4.69, 9.17) is 5.11 Å². The predicted octanol–water partition coefficient (Wildman–Crippen LogP) is 2.03. The number of carboxylic acids is 1. The molecule has 0 aliphatic carbocycles. The molecular formula is C18H20NO6P. The van der Waals surface area contributed by atoms with Gasteiger partial charge in [0.2, 0.25) is 5.91 Å². The Morgan fingerprint density at radius 2 is 1.54 bits per heavy atom. The van der Waals surface area contributed by atoms with E-state index in [-0.39, 0.29) is 6.42 Å². The number of rotatable bonds is 7. The fourth-order valence-corrected chi connectivity index (χ4v) is 3.24. The van der Waals surface area contributed by atoms with Crippen LogP contribution in [0.3, 0.4) is 0 Å². The molecule has 0 saturated carbocycles. The van der Waals surface area contributed by atoms with E-state index in [9.17, 15) is 23.9 Å². The Morgan fingerprint density at radius 1 is 1.00 bits per heavy atom. The monoisotopic (exact) mass is 377 g/mol. The first-order valence-corrected chi connectivity index (χ1v) is 9.45. The molecule has 0 fully saturated rings. The highest BCUT2D eigenvalue weighted by molar-refractivity contribution is 7.54. The average molecular weight is 377 g/mol. The minimum atomic E-state index is -4.84. The summed E-state index contributed by atoms with van der Waals surface area (Å²) in [5.74, 6) is -2.29. The predicted molar refractivity (Wildman–Crippen MR) is 96.7 cm³/mol. The van der Waals surface area contributed by atoms with Crippen LogP contribution in [-0.2, 0) is 20.6 Å². The van der Waals surface area contributed by atoms with Gasteiger partial charge in [0, 0.05) is 0 Å². The molecule has 2 aromatic carbocycles. The number of hydrogen-bond acceptors (Lipinski definition) is 3. The minimum Gasteiger partial charge on any atom is -0.480 e. The second kappa shape index (κ2) is 7.83. The summed E-state index contributed by atoms with van der Waals surface area (Å²) in [6, 6.07) is 16.6. The molecule has 0 bridgehead atoms. The SMILES string of the molecule is CC(Cc1ccc(-c2ccccc2)cc1)(C(=O)NCC(=O)O)P(=O)(O)O. The van der Waals surface area contributed by atoms with E-state index in [1.807, 2.05) is 30.3 Å². The molecule has 2 aromatic rings. The Balaban J connectivity index is 2.24. The van der Waals surface area contributed by atoms with Gasteiger partial charge in [-0.3, -0.25) is 14.2 Å². The standard InChI is InChI=1S/C18H20NO6P/c1-18(26(23,24)25,17(22)19-12-16(20)21)11-13-7-9-15(10-8-13)14-5-3-2-4-6-14/h2-10H,11-12H2,1H3,(H,19,22)(H,20,21)(H2,23,24,25). The highest BCUT2D eigenvalue weighted by atomic mass is 31.2. The van der Waals surface area contributed by atoms with Crippen LogP contribution in [0.15, 0.2) is 54.6 Å². The van der Waals surface area contributed by atoms with Gasteiger partial charge >= 0.3 is 13.6 Å². The summed E-state index contributed by atoms with van der Waals surface area (Å²) in [4.78, 5) is 42.2. The lowest BCUT2D eigenvalue weighted by atomic mass is 9.97. The summed E-state index contributed by atoms with van der Waals surface area (Å²) in [6.07, 6.45) is -0.224. The van der Waals surface area contributed by atoms with E-state index in [1.54, 1.807) is 24.3 Å². The van der Waals surface area contributed by atoms with Gasteiger partial charge in [0.1, 0.15) is 6.54 Å². The molecule has 0 aliphatic heterocycles. The molecule has 4 N–H and O–H groups in total. The molecular weight excluding hydrogens is 357 g/mol. The maximum absolute atomic E-state index is 12.2. The Labute approximate surface area is 150 Å². The van der Waals surface area contributed by atoms with Crippen LogP contribution in [-0.4, -0.2) is 38.5 Å². The van der Waals surface area contributed by atoms with Crippen LogP contribution in [0.1, 0.15) is 12.5 Å². The number of hydrogen-bond donors (Lipinski definition) is 4. The van der Waals surface area contributed by atoms with Crippen molar-refractivity contribution >= 4 is 19.5 Å². The van der Waals surface area contributed by atoms with Gasteiger partial charge < -0.3 is 20.2 Å². The molecule has 0 aromatic heterocycles. The second-order valence-corrected chi connectivity index (χ2v) is 8.21. The van der Waals surface area contributed by atoms with Gasteiger partial charge in [-0.05, 0) is 30.0 Å². The van der Waals surface area contributed by atoms with Crippen LogP contribution >= 0.6 is 7.60 Å². The molecule has 2 rings (SSSR count). The molecule has 0 spiro atoms. The number of amides is 1. The zero-order chi connectivity index (χ0) is 19.4. The number of aliphatic carboxylic acids is 1. The summed E-state index contributed by atoms with van der Waals surface area (Å²) in [7, 11) is -4.84. The smallest absolute Gasteiger partial charge is 0.341 e. The van der Waals surface area contributed by atoms with Gasteiger partial charge in [-0.15, -0.1) is 0 Å². The van der Waals surface area contributed by atoms with Crippen molar-refractivity contribution < 1.29 is 29.0 Å². The molecule has 7 nitrogen and oxygen atoms in total. The van der Waals surface area contributed by atoms with Crippen molar-refractivity contribution in [2.45, 2.75) is 18.5 Å². The lowest BCUT2D eigenvalue weighted by Crippen LogP contribution is -2.47. The third-order valence-electron chi connectivity index (χ3n) is 4.14. The molecule has 0 aliphatic rings. The topological polar surface area (TPSA) is 124 Å². The molecule has 1 atom stereocenters. The fraction of sp³-hybridized carbons (Fsp3) is 0.222. The molecule has 0 radical (unpaired) electrons. The molecule has 0 heterocycles. The summed E-state index contributed by atoms with van der Waals surface area (Å²) < 4.78 is 11.9. The molecule has 1 amide bonds. The first-order chi connectivity index (χ1) is 12.1. The minimum absolute atomic E-state index is 0.224. The molecule has 0 saturated heterocycles. The van der Waals surface area contributed by atoms with Crippen LogP contribution in [0, 0.1) is 0 Å². The van der Waals surface area contributed by atoms with E-state index in [0.29, 0.717) is 5.56 Å². The Bertz CT molecular complexity index is 831. The second-order valence-electron chi connectivity index (χ2n) is 6.13. The van der Waals surface area contributed by atoms with Crippen molar-refractivity contribution in [2.75, 3.05) is 6.54 Å². The zero-order valence-electron chi connectivity index (χ0n) is 14.1. The van der Waals surface area contributed by atoms with Crippen LogP contribution in [0.4, 0.5) is 0 Å². The maximum atomic E-state index is 12.2. The van der Waals surface area contributed by atoms with Crippen molar-refractivity contribution in [1.29, 1.82) is 0 Å². The molecule has 26 heavy (non-hydrogen) atoms. The first kappa shape index (κ1) is 19.8. The van der Waals surface area contributed by atoms with E-state index in [2.05, 4.69) is 5.32 Å². The van der Waals surface area contributed by atoms with Crippen LogP contribution in [0.2, 0.25) is 0 Å². The summed E-state index contributed by atoms with van der Waals surface area (Å²) in [6.45, 7) is 0.428. The van der Waals surface area contributed by atoms with Gasteiger partial charge in [-0.1, -0.05) is 54.6 Å². The maximum Gasteiger partial charge on any atom is 0.341 e. The van der Waals surface area contributed by atoms with Crippen LogP contribution in [0.25, 0.3) is 11.1 Å². The van der Waals surface area contributed by atoms with Crippen molar-refractivity contribution in [3.8, 4) is 11.1 Å². The van der Waals surface area contributed by atoms with Gasteiger partial charge in [-0.2, -0.15) is 0 Å². The number of carbonyl (C=O) groups is 2. The van der Waals surface area contributed by atoms with Gasteiger partial charge in [-0.25, -0.2) is 0 Å². The average Bonchev–Trinajstić information content (AvgIpc) is 2.60. The first-order valence-electron chi connectivity index (χ1n) is 7.83. The Kier molecular flexibility index (Phi) is 5.97. The molecule has 1 unspecified atom stereocenters. The van der Waals surface area contributed by atoms with Crippen molar-refractivity contribution in [1.82, 2.24) is 5.32 Å². The van der Waals surface area contributed by atoms with E-state index in [0.717, 1.165) is 18.1 Å². The summed E-state index contributed by atoms with van der Waals surface area (Å²) in [5, 5.41) is 8.65. The van der Waals surface area contributed by atoms with Gasteiger partial charge in [0.15, 0.2) is 5.16 Å². The van der Waals surface area contributed by atoms with Crippen molar-refractivity contribution in [3.05, 3.63) is 60.2 Å². The van der Waals surface area contributed by atoms with Crippen LogP contribution < -0.4 is 5.32 Å². The normalized spacial score (nSPS) is 13.7. The van der Waals surface area contributed by atoms with E-state index >= 15 is 0 Å². The highest BCUT2D eigenvalue weighted by Crippen LogP contribution is 2.52. The summed E-state index contributed by atoms with van der Waals surface area (Å²) in [5.41, 5.74) is 2.49. The lowest BCUT2D eigenvalue weighted by Gasteiger charge is -2.29. The van der Waals surface area contributed by atoms with Gasteiger partial charge in [0.05, 0.1) is 0 Å². The summed E-state index contributed by atoms with van der Waals surface area (Å²) >= 11 is 0. The number of carboxylic acid groups (broad SMARTS) is 1. The fourth-order valence-electron chi connectivity index (χ4n) is 2.50. The highest BCUT2D eigenvalue weighted by Gasteiger charge is 2.49. The zero-order valence-corrected chi connectivity index (χ0v) is 15.0. The third-order valence-corrected chi connectivity index (χ3v) is 5.79. The Morgan fingerprint density at radius 3 is 2.04 bits per heavy atom. The van der Waals surface area contributed by atoms with E-state index < -0.39 is 31.2 Å². The lowest BCUT2D eigenvalue weighted by molar-refractivity contribution is -0.138. The van der Waals surface area contributed by atoms with Crippen molar-refractivity contribution in [2.24, 2.45) is 0 Å². The molecule has 138 valence electrons. The number of benzene rings is 2. The number of nitrogens with one attached hydrogen (secondary N) is 1. The Hall–Kier alpha value is -2.47. The van der Waals surface area contributed by atoms with E-state index in [1.165, 1.54) is 0 Å². The van der Waals surface area contributed by atoms with Crippen molar-refractivity contribution in [3.63, 3.8) is 0 Å². The quantitative estimate of drug-likeness (QED) is 0.548.